The molecule has 0 amide bonds. The lowest BCUT2D eigenvalue weighted by Gasteiger charge is -2.14. The molecule has 0 fully saturated rings. The molecule has 0 aliphatic carbocycles. The summed E-state index contributed by atoms with van der Waals surface area (Å²) < 4.78 is 29.0. The van der Waals surface area contributed by atoms with Gasteiger partial charge in [-0.25, -0.2) is 4.39 Å². The van der Waals surface area contributed by atoms with Gasteiger partial charge in [-0.2, -0.15) is 0 Å². The van der Waals surface area contributed by atoms with Gasteiger partial charge >= 0.3 is 0 Å². The molecule has 3 rings (SSSR count). The smallest absolute Gasteiger partial charge is 0.231 e. The van der Waals surface area contributed by atoms with Crippen molar-refractivity contribution in [2.75, 3.05) is 13.4 Å². The molecule has 1 aliphatic rings. The van der Waals surface area contributed by atoms with Crippen molar-refractivity contribution >= 4 is 0 Å². The molecule has 2 aromatic rings. The van der Waals surface area contributed by atoms with Gasteiger partial charge in [-0.3, -0.25) is 0 Å². The summed E-state index contributed by atoms with van der Waals surface area (Å²) in [7, 11) is 0. The molecule has 0 saturated carbocycles. The van der Waals surface area contributed by atoms with Crippen LogP contribution in [0.25, 0.3) is 0 Å². The third-order valence-corrected chi connectivity index (χ3v) is 3.05. The van der Waals surface area contributed by atoms with Crippen molar-refractivity contribution in [3.05, 3.63) is 53.8 Å². The number of benzene rings is 2. The van der Waals surface area contributed by atoms with Crippen molar-refractivity contribution in [3.63, 3.8) is 0 Å². The van der Waals surface area contributed by atoms with Crippen molar-refractivity contribution in [1.82, 2.24) is 0 Å². The quantitative estimate of drug-likeness (QED) is 0.932. The van der Waals surface area contributed by atoms with Gasteiger partial charge in [-0.1, -0.05) is 12.1 Å². The molecule has 1 atom stereocenters. The Hall–Kier alpha value is -2.27. The SMILES string of the molecule is NC(COc1cccc(F)c1)c1ccc2c(c1)OCO2. The average molecular weight is 275 g/mol. The lowest BCUT2D eigenvalue weighted by atomic mass is 10.1. The number of fused-ring (bicyclic) bond motifs is 1. The number of rotatable bonds is 4. The van der Waals surface area contributed by atoms with Gasteiger partial charge in [0.15, 0.2) is 11.5 Å². The maximum Gasteiger partial charge on any atom is 0.231 e. The number of hydrogen-bond donors (Lipinski definition) is 1. The first-order valence-corrected chi connectivity index (χ1v) is 6.26. The molecule has 1 unspecified atom stereocenters. The highest BCUT2D eigenvalue weighted by atomic mass is 19.1. The first kappa shape index (κ1) is 12.7. The zero-order chi connectivity index (χ0) is 13.9. The van der Waals surface area contributed by atoms with E-state index >= 15 is 0 Å². The van der Waals surface area contributed by atoms with Gasteiger partial charge in [-0.15, -0.1) is 0 Å². The zero-order valence-electron chi connectivity index (χ0n) is 10.7. The van der Waals surface area contributed by atoms with Gasteiger partial charge < -0.3 is 19.9 Å². The van der Waals surface area contributed by atoms with Crippen LogP contribution in [0.1, 0.15) is 11.6 Å². The van der Waals surface area contributed by atoms with Crippen LogP contribution in [-0.2, 0) is 0 Å². The molecular weight excluding hydrogens is 261 g/mol. The summed E-state index contributed by atoms with van der Waals surface area (Å²) >= 11 is 0. The molecule has 2 aromatic carbocycles. The topological polar surface area (TPSA) is 53.7 Å². The van der Waals surface area contributed by atoms with Crippen LogP contribution >= 0.6 is 0 Å². The Morgan fingerprint density at radius 3 is 2.85 bits per heavy atom. The van der Waals surface area contributed by atoms with E-state index in [0.717, 1.165) is 5.56 Å². The van der Waals surface area contributed by atoms with Gasteiger partial charge in [0.25, 0.3) is 0 Å². The van der Waals surface area contributed by atoms with E-state index in [1.54, 1.807) is 12.1 Å². The molecule has 4 nitrogen and oxygen atoms in total. The lowest BCUT2D eigenvalue weighted by molar-refractivity contribution is 0.174. The summed E-state index contributed by atoms with van der Waals surface area (Å²) in [5.74, 6) is 1.52. The molecule has 0 spiro atoms. The van der Waals surface area contributed by atoms with E-state index in [-0.39, 0.29) is 25.3 Å². The highest BCUT2D eigenvalue weighted by molar-refractivity contribution is 5.45. The molecule has 104 valence electrons. The van der Waals surface area contributed by atoms with Crippen LogP contribution in [0.15, 0.2) is 42.5 Å². The number of halogens is 1. The minimum atomic E-state index is -0.334. The summed E-state index contributed by atoms with van der Waals surface area (Å²) in [5, 5.41) is 0. The molecule has 1 heterocycles. The second kappa shape index (κ2) is 5.38. The Morgan fingerprint density at radius 1 is 1.15 bits per heavy atom. The van der Waals surface area contributed by atoms with Gasteiger partial charge in [0.05, 0.1) is 6.04 Å². The summed E-state index contributed by atoms with van der Waals surface area (Å²) in [4.78, 5) is 0. The fourth-order valence-corrected chi connectivity index (χ4v) is 1.98. The Morgan fingerprint density at radius 2 is 2.00 bits per heavy atom. The monoisotopic (exact) mass is 275 g/mol. The van der Waals surface area contributed by atoms with Crippen molar-refractivity contribution < 1.29 is 18.6 Å². The van der Waals surface area contributed by atoms with E-state index in [1.807, 2.05) is 18.2 Å². The first-order valence-electron chi connectivity index (χ1n) is 6.26. The van der Waals surface area contributed by atoms with Crippen LogP contribution < -0.4 is 19.9 Å². The number of nitrogens with two attached hydrogens (primary N) is 1. The maximum absolute atomic E-state index is 13.0. The Bertz CT molecular complexity index is 618. The van der Waals surface area contributed by atoms with E-state index in [9.17, 15) is 4.39 Å². The van der Waals surface area contributed by atoms with Crippen LogP contribution in [0.3, 0.4) is 0 Å². The van der Waals surface area contributed by atoms with Crippen LogP contribution in [0, 0.1) is 5.82 Å². The highest BCUT2D eigenvalue weighted by Gasteiger charge is 2.16. The second-order valence-corrected chi connectivity index (χ2v) is 4.49. The fraction of sp³-hybridized carbons (Fsp3) is 0.200. The van der Waals surface area contributed by atoms with Crippen LogP contribution in [0.2, 0.25) is 0 Å². The van der Waals surface area contributed by atoms with Gasteiger partial charge in [-0.05, 0) is 29.8 Å². The third kappa shape index (κ3) is 2.67. The number of ether oxygens (including phenoxy) is 3. The highest BCUT2D eigenvalue weighted by Crippen LogP contribution is 2.33. The number of hydrogen-bond acceptors (Lipinski definition) is 4. The predicted molar refractivity (Wildman–Crippen MR) is 71.4 cm³/mol. The van der Waals surface area contributed by atoms with Crippen LogP contribution in [0.5, 0.6) is 17.2 Å². The predicted octanol–water partition coefficient (Wildman–Crippen LogP) is 2.63. The zero-order valence-corrected chi connectivity index (χ0v) is 10.7. The van der Waals surface area contributed by atoms with Crippen molar-refractivity contribution in [3.8, 4) is 17.2 Å². The largest absolute Gasteiger partial charge is 0.492 e. The third-order valence-electron chi connectivity index (χ3n) is 3.05. The van der Waals surface area contributed by atoms with Gasteiger partial charge in [0, 0.05) is 6.07 Å². The van der Waals surface area contributed by atoms with E-state index in [1.165, 1.54) is 12.1 Å². The Labute approximate surface area is 115 Å². The van der Waals surface area contributed by atoms with E-state index < -0.39 is 0 Å². The lowest BCUT2D eigenvalue weighted by Crippen LogP contribution is -2.19. The minimum absolute atomic E-state index is 0.230. The molecule has 2 N–H and O–H groups in total. The molecule has 0 saturated heterocycles. The van der Waals surface area contributed by atoms with Gasteiger partial charge in [0.2, 0.25) is 6.79 Å². The maximum atomic E-state index is 13.0. The summed E-state index contributed by atoms with van der Waals surface area (Å²) in [5.41, 5.74) is 6.94. The van der Waals surface area contributed by atoms with Crippen LogP contribution in [-0.4, -0.2) is 13.4 Å². The van der Waals surface area contributed by atoms with Crippen molar-refractivity contribution in [1.29, 1.82) is 0 Å². The van der Waals surface area contributed by atoms with Crippen molar-refractivity contribution in [2.45, 2.75) is 6.04 Å². The normalized spacial score (nSPS) is 14.1. The van der Waals surface area contributed by atoms with Crippen molar-refractivity contribution in [2.24, 2.45) is 5.73 Å². The van der Waals surface area contributed by atoms with E-state index in [4.69, 9.17) is 19.9 Å². The molecule has 1 aliphatic heterocycles. The molecular formula is C15H14FNO3. The summed E-state index contributed by atoms with van der Waals surface area (Å²) in [6.07, 6.45) is 0. The van der Waals surface area contributed by atoms with Gasteiger partial charge in [0.1, 0.15) is 18.2 Å². The summed E-state index contributed by atoms with van der Waals surface area (Å²) in [6.45, 7) is 0.483. The van der Waals surface area contributed by atoms with E-state index in [2.05, 4.69) is 0 Å². The first-order chi connectivity index (χ1) is 9.72. The minimum Gasteiger partial charge on any atom is -0.492 e. The second-order valence-electron chi connectivity index (χ2n) is 4.49. The Kier molecular flexibility index (Phi) is 3.43. The molecule has 20 heavy (non-hydrogen) atoms. The fourth-order valence-electron chi connectivity index (χ4n) is 1.98. The average Bonchev–Trinajstić information content (AvgIpc) is 2.92. The molecule has 0 bridgehead atoms. The molecule has 0 radical (unpaired) electrons. The van der Waals surface area contributed by atoms with Crippen LogP contribution in [0.4, 0.5) is 4.39 Å². The Balaban J connectivity index is 1.66. The standard InChI is InChI=1S/C15H14FNO3/c16-11-2-1-3-12(7-11)18-8-13(17)10-4-5-14-15(6-10)20-9-19-14/h1-7,13H,8-9,17H2. The molecule has 0 aromatic heterocycles. The van der Waals surface area contributed by atoms with E-state index in [0.29, 0.717) is 17.2 Å². The summed E-state index contributed by atoms with van der Waals surface area (Å²) in [6, 6.07) is 11.2. The molecule has 5 heteroatoms.